The molecule has 0 bridgehead atoms. The molecule has 1 rings (SSSR count). The molecular formula is C11H22N2O2. The van der Waals surface area contributed by atoms with Crippen molar-refractivity contribution in [2.45, 2.75) is 39.2 Å². The Kier molecular flexibility index (Phi) is 4.11. The largest absolute Gasteiger partial charge is 0.481 e. The first-order valence-corrected chi connectivity index (χ1v) is 5.65. The van der Waals surface area contributed by atoms with Gasteiger partial charge in [0.25, 0.3) is 0 Å². The summed E-state index contributed by atoms with van der Waals surface area (Å²) in [5.74, 6) is -0.733. The van der Waals surface area contributed by atoms with Gasteiger partial charge in [0.2, 0.25) is 0 Å². The van der Waals surface area contributed by atoms with Crippen LogP contribution in [0.4, 0.5) is 0 Å². The van der Waals surface area contributed by atoms with Crippen LogP contribution in [0.15, 0.2) is 0 Å². The molecule has 4 heteroatoms. The van der Waals surface area contributed by atoms with E-state index in [1.165, 1.54) is 6.42 Å². The number of rotatable bonds is 4. The molecule has 1 saturated heterocycles. The molecule has 1 unspecified atom stereocenters. The Labute approximate surface area is 91.4 Å². The third-order valence-electron chi connectivity index (χ3n) is 3.20. The minimum atomic E-state index is -0.733. The van der Waals surface area contributed by atoms with Gasteiger partial charge in [-0.15, -0.1) is 0 Å². The van der Waals surface area contributed by atoms with Gasteiger partial charge in [-0.25, -0.2) is 0 Å². The van der Waals surface area contributed by atoms with Crippen molar-refractivity contribution >= 4 is 5.97 Å². The smallest absolute Gasteiger partial charge is 0.310 e. The first-order valence-electron chi connectivity index (χ1n) is 5.65. The van der Waals surface area contributed by atoms with Gasteiger partial charge in [0.1, 0.15) is 0 Å². The first-order chi connectivity index (χ1) is 6.97. The van der Waals surface area contributed by atoms with Gasteiger partial charge >= 0.3 is 5.97 Å². The van der Waals surface area contributed by atoms with Crippen molar-refractivity contribution in [3.05, 3.63) is 0 Å². The second kappa shape index (κ2) is 4.94. The van der Waals surface area contributed by atoms with Crippen LogP contribution in [-0.4, -0.2) is 41.7 Å². The van der Waals surface area contributed by atoms with Crippen molar-refractivity contribution in [2.75, 3.05) is 19.6 Å². The topological polar surface area (TPSA) is 66.6 Å². The summed E-state index contributed by atoms with van der Waals surface area (Å²) in [5, 5.41) is 9.07. The zero-order valence-corrected chi connectivity index (χ0v) is 9.70. The summed E-state index contributed by atoms with van der Waals surface area (Å²) in [6.45, 7) is 5.77. The average Bonchev–Trinajstić information content (AvgIpc) is 2.18. The maximum absolute atomic E-state index is 11.0. The number of nitrogens with two attached hydrogens (primary N) is 1. The Hall–Kier alpha value is -0.610. The van der Waals surface area contributed by atoms with Gasteiger partial charge in [-0.3, -0.25) is 9.69 Å². The van der Waals surface area contributed by atoms with E-state index in [4.69, 9.17) is 10.8 Å². The molecule has 0 saturated carbocycles. The quantitative estimate of drug-likeness (QED) is 0.730. The molecule has 0 spiro atoms. The first kappa shape index (κ1) is 12.5. The fourth-order valence-corrected chi connectivity index (χ4v) is 2.11. The summed E-state index contributed by atoms with van der Waals surface area (Å²) >= 11 is 0. The zero-order chi connectivity index (χ0) is 11.5. The third-order valence-corrected chi connectivity index (χ3v) is 3.20. The normalized spacial score (nSPS) is 24.1. The Morgan fingerprint density at radius 1 is 1.53 bits per heavy atom. The van der Waals surface area contributed by atoms with E-state index >= 15 is 0 Å². The maximum atomic E-state index is 11.0. The monoisotopic (exact) mass is 214 g/mol. The van der Waals surface area contributed by atoms with Crippen molar-refractivity contribution in [1.82, 2.24) is 4.90 Å². The predicted molar refractivity (Wildman–Crippen MR) is 59.7 cm³/mol. The molecule has 15 heavy (non-hydrogen) atoms. The summed E-state index contributed by atoms with van der Waals surface area (Å²) < 4.78 is 0. The number of piperidine rings is 1. The molecule has 1 atom stereocenters. The second-order valence-electron chi connectivity index (χ2n) is 5.04. The lowest BCUT2D eigenvalue weighted by molar-refractivity contribution is -0.148. The van der Waals surface area contributed by atoms with Crippen molar-refractivity contribution in [3.8, 4) is 0 Å². The van der Waals surface area contributed by atoms with Gasteiger partial charge in [0, 0.05) is 19.1 Å². The van der Waals surface area contributed by atoms with E-state index in [1.54, 1.807) is 13.8 Å². The lowest BCUT2D eigenvalue weighted by Gasteiger charge is -2.38. The van der Waals surface area contributed by atoms with Gasteiger partial charge < -0.3 is 10.8 Å². The number of aliphatic carboxylic acids is 1. The highest BCUT2D eigenvalue weighted by Gasteiger charge is 2.33. The molecule has 1 heterocycles. The van der Waals surface area contributed by atoms with Gasteiger partial charge in [0.15, 0.2) is 0 Å². The Morgan fingerprint density at radius 2 is 2.20 bits per heavy atom. The molecule has 4 nitrogen and oxygen atoms in total. The molecule has 0 aliphatic carbocycles. The Morgan fingerprint density at radius 3 is 2.73 bits per heavy atom. The molecular weight excluding hydrogens is 192 g/mol. The van der Waals surface area contributed by atoms with Crippen LogP contribution in [0, 0.1) is 5.41 Å². The fourth-order valence-electron chi connectivity index (χ4n) is 2.11. The summed E-state index contributed by atoms with van der Waals surface area (Å²) in [4.78, 5) is 13.3. The molecule has 1 fully saturated rings. The number of hydrogen-bond acceptors (Lipinski definition) is 3. The van der Waals surface area contributed by atoms with Crippen molar-refractivity contribution in [1.29, 1.82) is 0 Å². The maximum Gasteiger partial charge on any atom is 0.310 e. The van der Waals surface area contributed by atoms with Crippen molar-refractivity contribution in [3.63, 3.8) is 0 Å². The van der Waals surface area contributed by atoms with Crippen molar-refractivity contribution in [2.24, 2.45) is 11.1 Å². The van der Waals surface area contributed by atoms with Crippen LogP contribution in [0.25, 0.3) is 0 Å². The van der Waals surface area contributed by atoms with E-state index in [0.717, 1.165) is 19.4 Å². The number of hydrogen-bond donors (Lipinski definition) is 2. The standard InChI is InChI=1S/C11H22N2O2/c1-11(2,10(14)15)8-13-6-4-3-5-9(13)7-12/h9H,3-8,12H2,1-2H3,(H,14,15). The second-order valence-corrected chi connectivity index (χ2v) is 5.04. The number of carboxylic acid groups (broad SMARTS) is 1. The Balaban J connectivity index is 2.58. The van der Waals surface area contributed by atoms with Gasteiger partial charge in [-0.1, -0.05) is 6.42 Å². The van der Waals surface area contributed by atoms with E-state index in [9.17, 15) is 4.79 Å². The molecule has 0 aromatic carbocycles. The average molecular weight is 214 g/mol. The van der Waals surface area contributed by atoms with E-state index in [1.807, 2.05) is 0 Å². The highest BCUT2D eigenvalue weighted by Crippen LogP contribution is 2.23. The zero-order valence-electron chi connectivity index (χ0n) is 9.70. The predicted octanol–water partition coefficient (Wildman–Crippen LogP) is 0.910. The van der Waals surface area contributed by atoms with E-state index in [0.29, 0.717) is 19.1 Å². The minimum Gasteiger partial charge on any atom is -0.481 e. The highest BCUT2D eigenvalue weighted by atomic mass is 16.4. The van der Waals surface area contributed by atoms with Crippen LogP contribution in [0.5, 0.6) is 0 Å². The number of nitrogens with zero attached hydrogens (tertiary/aromatic N) is 1. The SMILES string of the molecule is CC(C)(CN1CCCCC1CN)C(=O)O. The van der Waals surface area contributed by atoms with E-state index < -0.39 is 11.4 Å². The van der Waals surface area contributed by atoms with Crippen molar-refractivity contribution < 1.29 is 9.90 Å². The molecule has 0 amide bonds. The van der Waals surface area contributed by atoms with Gasteiger partial charge in [-0.2, -0.15) is 0 Å². The van der Waals surface area contributed by atoms with Crippen LogP contribution in [-0.2, 0) is 4.79 Å². The molecule has 3 N–H and O–H groups in total. The summed E-state index contributed by atoms with van der Waals surface area (Å²) in [7, 11) is 0. The van der Waals surface area contributed by atoms with E-state index in [-0.39, 0.29) is 0 Å². The minimum absolute atomic E-state index is 0.373. The van der Waals surface area contributed by atoms with Gasteiger partial charge in [-0.05, 0) is 33.2 Å². The summed E-state index contributed by atoms with van der Waals surface area (Å²) in [6, 6.07) is 0.373. The summed E-state index contributed by atoms with van der Waals surface area (Å²) in [5.41, 5.74) is 5.02. The molecule has 1 aliphatic rings. The Bertz CT molecular complexity index is 229. The lowest BCUT2D eigenvalue weighted by atomic mass is 9.90. The molecule has 0 radical (unpaired) electrons. The number of likely N-dealkylation sites (tertiary alicyclic amines) is 1. The van der Waals surface area contributed by atoms with Crippen LogP contribution >= 0.6 is 0 Å². The molecule has 88 valence electrons. The fraction of sp³-hybridized carbons (Fsp3) is 0.909. The molecule has 0 aromatic heterocycles. The van der Waals surface area contributed by atoms with Crippen LogP contribution in [0.3, 0.4) is 0 Å². The number of carboxylic acids is 1. The number of carbonyl (C=O) groups is 1. The van der Waals surface area contributed by atoms with Gasteiger partial charge in [0.05, 0.1) is 5.41 Å². The molecule has 1 aliphatic heterocycles. The van der Waals surface area contributed by atoms with Crippen LogP contribution < -0.4 is 5.73 Å². The van der Waals surface area contributed by atoms with E-state index in [2.05, 4.69) is 4.90 Å². The van der Waals surface area contributed by atoms with Crippen LogP contribution in [0.1, 0.15) is 33.1 Å². The third kappa shape index (κ3) is 3.18. The summed E-state index contributed by atoms with van der Waals surface area (Å²) in [6.07, 6.45) is 3.48. The lowest BCUT2D eigenvalue weighted by Crippen LogP contribution is -2.49. The highest BCUT2D eigenvalue weighted by molar-refractivity contribution is 5.73. The molecule has 0 aromatic rings. The van der Waals surface area contributed by atoms with Crippen LogP contribution in [0.2, 0.25) is 0 Å².